The molecule has 0 bridgehead atoms. The Morgan fingerprint density at radius 1 is 1.30 bits per heavy atom. The summed E-state index contributed by atoms with van der Waals surface area (Å²) >= 11 is 7.55. The predicted molar refractivity (Wildman–Crippen MR) is 95.2 cm³/mol. The van der Waals surface area contributed by atoms with E-state index in [1.807, 2.05) is 38.1 Å². The van der Waals surface area contributed by atoms with Crippen LogP contribution in [-0.2, 0) is 4.79 Å². The molecule has 0 radical (unpaired) electrons. The molecule has 2 heterocycles. The number of aryl methyl sites for hydroxylation is 1. The van der Waals surface area contributed by atoms with Gasteiger partial charge in [-0.1, -0.05) is 23.7 Å². The minimum atomic E-state index is -0.0921. The van der Waals surface area contributed by atoms with Crippen molar-refractivity contribution in [2.24, 2.45) is 4.99 Å². The molecule has 0 unspecified atom stereocenters. The molecule has 3 rings (SSSR count). The van der Waals surface area contributed by atoms with Crippen LogP contribution in [-0.4, -0.2) is 36.4 Å². The standard InChI is InChI=1S/C17H17ClN2O2S/c1-10-11(2)23-17-15(10)16(12-3-5-13(18)6-4-12)19-9-14(22)20(17)7-8-21/h3-6,21H,7-9H2,1-2H3. The number of aliphatic imine (C=N–C) groups is 1. The molecule has 0 aliphatic carbocycles. The number of halogens is 1. The van der Waals surface area contributed by atoms with Crippen LogP contribution in [0.5, 0.6) is 0 Å². The molecule has 23 heavy (non-hydrogen) atoms. The predicted octanol–water partition coefficient (Wildman–Crippen LogP) is 3.19. The summed E-state index contributed by atoms with van der Waals surface area (Å²) in [6.45, 7) is 4.38. The fourth-order valence-electron chi connectivity index (χ4n) is 2.67. The fraction of sp³-hybridized carbons (Fsp3) is 0.294. The molecule has 120 valence electrons. The first-order valence-corrected chi connectivity index (χ1v) is 8.54. The number of hydrogen-bond acceptors (Lipinski definition) is 4. The van der Waals surface area contributed by atoms with Crippen LogP contribution >= 0.6 is 22.9 Å². The number of carbonyl (C=O) groups is 1. The van der Waals surface area contributed by atoms with E-state index in [1.54, 1.807) is 16.2 Å². The Bertz CT molecular complexity index is 781. The van der Waals surface area contributed by atoms with Crippen molar-refractivity contribution in [3.8, 4) is 0 Å². The Hall–Kier alpha value is -1.69. The lowest BCUT2D eigenvalue weighted by atomic mass is 10.00. The average Bonchev–Trinajstić information content (AvgIpc) is 2.74. The molecule has 1 amide bonds. The molecular formula is C17H17ClN2O2S. The fourth-order valence-corrected chi connectivity index (χ4v) is 4.00. The molecule has 0 atom stereocenters. The number of thiophene rings is 1. The lowest BCUT2D eigenvalue weighted by Crippen LogP contribution is -2.34. The number of anilines is 1. The molecular weight excluding hydrogens is 332 g/mol. The second-order valence-corrected chi connectivity index (χ2v) is 7.04. The highest BCUT2D eigenvalue weighted by molar-refractivity contribution is 7.17. The Balaban J connectivity index is 2.19. The molecule has 0 saturated heterocycles. The number of fused-ring (bicyclic) bond motifs is 1. The van der Waals surface area contributed by atoms with Gasteiger partial charge < -0.3 is 5.11 Å². The van der Waals surface area contributed by atoms with Gasteiger partial charge in [-0.25, -0.2) is 0 Å². The van der Waals surface area contributed by atoms with E-state index in [4.69, 9.17) is 11.6 Å². The minimum absolute atomic E-state index is 0.0720. The van der Waals surface area contributed by atoms with Gasteiger partial charge >= 0.3 is 0 Å². The van der Waals surface area contributed by atoms with E-state index in [9.17, 15) is 9.90 Å². The number of benzene rings is 1. The summed E-state index contributed by atoms with van der Waals surface area (Å²) in [5.74, 6) is -0.0921. The van der Waals surface area contributed by atoms with Gasteiger partial charge in [0.2, 0.25) is 5.91 Å². The summed E-state index contributed by atoms with van der Waals surface area (Å²) in [6, 6.07) is 7.49. The number of rotatable bonds is 3. The first-order chi connectivity index (χ1) is 11.0. The van der Waals surface area contributed by atoms with Gasteiger partial charge in [-0.2, -0.15) is 0 Å². The van der Waals surface area contributed by atoms with E-state index >= 15 is 0 Å². The number of β-amino-alcohol motifs (C(OH)–C–C–N with tert-alkyl or cyclic N) is 1. The van der Waals surface area contributed by atoms with E-state index in [1.165, 1.54) is 0 Å². The Labute approximate surface area is 144 Å². The van der Waals surface area contributed by atoms with Crippen LogP contribution in [0, 0.1) is 13.8 Å². The minimum Gasteiger partial charge on any atom is -0.395 e. The first-order valence-electron chi connectivity index (χ1n) is 7.35. The van der Waals surface area contributed by atoms with Crippen LogP contribution in [0.4, 0.5) is 5.00 Å². The summed E-state index contributed by atoms with van der Waals surface area (Å²) in [4.78, 5) is 19.8. The molecule has 1 aliphatic heterocycles. The van der Waals surface area contributed by atoms with Crippen molar-refractivity contribution >= 4 is 39.6 Å². The van der Waals surface area contributed by atoms with Gasteiger partial charge in [-0.3, -0.25) is 14.7 Å². The van der Waals surface area contributed by atoms with Gasteiger partial charge in [0.05, 0.1) is 12.3 Å². The van der Waals surface area contributed by atoms with E-state index in [-0.39, 0.29) is 25.6 Å². The third-order valence-corrected chi connectivity index (χ3v) is 5.45. The van der Waals surface area contributed by atoms with Crippen molar-refractivity contribution in [3.05, 3.63) is 50.9 Å². The van der Waals surface area contributed by atoms with Crippen molar-refractivity contribution in [2.45, 2.75) is 13.8 Å². The maximum atomic E-state index is 12.4. The maximum Gasteiger partial charge on any atom is 0.249 e. The van der Waals surface area contributed by atoms with Gasteiger partial charge in [-0.15, -0.1) is 11.3 Å². The van der Waals surface area contributed by atoms with Gasteiger partial charge in [0.15, 0.2) is 0 Å². The number of amides is 1. The van der Waals surface area contributed by atoms with Crippen LogP contribution in [0.25, 0.3) is 0 Å². The molecule has 4 nitrogen and oxygen atoms in total. The normalized spacial score (nSPS) is 14.5. The Morgan fingerprint density at radius 3 is 2.65 bits per heavy atom. The van der Waals surface area contributed by atoms with Crippen LogP contribution in [0.2, 0.25) is 5.02 Å². The highest BCUT2D eigenvalue weighted by Gasteiger charge is 2.29. The van der Waals surface area contributed by atoms with Crippen molar-refractivity contribution in [1.82, 2.24) is 0 Å². The van der Waals surface area contributed by atoms with E-state index < -0.39 is 0 Å². The molecule has 1 aliphatic rings. The van der Waals surface area contributed by atoms with Crippen molar-refractivity contribution in [2.75, 3.05) is 24.6 Å². The molecule has 0 saturated carbocycles. The molecule has 1 aromatic carbocycles. The zero-order chi connectivity index (χ0) is 16.6. The highest BCUT2D eigenvalue weighted by Crippen LogP contribution is 2.38. The summed E-state index contributed by atoms with van der Waals surface area (Å²) in [7, 11) is 0. The largest absolute Gasteiger partial charge is 0.395 e. The average molecular weight is 349 g/mol. The second-order valence-electron chi connectivity index (χ2n) is 5.40. The Morgan fingerprint density at radius 2 is 2.00 bits per heavy atom. The Kier molecular flexibility index (Phi) is 4.53. The molecule has 0 spiro atoms. The van der Waals surface area contributed by atoms with Crippen molar-refractivity contribution < 1.29 is 9.90 Å². The summed E-state index contributed by atoms with van der Waals surface area (Å²) < 4.78 is 0. The number of aliphatic hydroxyl groups excluding tert-OH is 1. The van der Waals surface area contributed by atoms with Gasteiger partial charge in [0.1, 0.15) is 11.5 Å². The number of nitrogens with zero attached hydrogens (tertiary/aromatic N) is 2. The number of carbonyl (C=O) groups excluding carboxylic acids is 1. The molecule has 0 fully saturated rings. The third kappa shape index (κ3) is 2.92. The maximum absolute atomic E-state index is 12.4. The third-order valence-electron chi connectivity index (χ3n) is 3.96. The van der Waals surface area contributed by atoms with Crippen LogP contribution in [0.15, 0.2) is 29.3 Å². The quantitative estimate of drug-likeness (QED) is 0.926. The number of hydrogen-bond donors (Lipinski definition) is 1. The molecule has 2 aromatic rings. The van der Waals surface area contributed by atoms with Crippen molar-refractivity contribution in [3.63, 3.8) is 0 Å². The van der Waals surface area contributed by atoms with Crippen LogP contribution in [0.3, 0.4) is 0 Å². The lowest BCUT2D eigenvalue weighted by molar-refractivity contribution is -0.117. The first kappa shape index (κ1) is 16.2. The molecule has 6 heteroatoms. The summed E-state index contributed by atoms with van der Waals surface area (Å²) in [5.41, 5.74) is 3.85. The van der Waals surface area contributed by atoms with Gasteiger partial charge in [0.25, 0.3) is 0 Å². The zero-order valence-corrected chi connectivity index (χ0v) is 14.5. The topological polar surface area (TPSA) is 52.9 Å². The highest BCUT2D eigenvalue weighted by atomic mass is 35.5. The van der Waals surface area contributed by atoms with E-state index in [0.29, 0.717) is 5.02 Å². The molecule has 1 aromatic heterocycles. The molecule has 1 N–H and O–H groups in total. The summed E-state index contributed by atoms with van der Waals surface area (Å²) in [6.07, 6.45) is 0. The SMILES string of the molecule is Cc1sc2c(c1C)C(c1ccc(Cl)cc1)=NCC(=O)N2CCO. The smallest absolute Gasteiger partial charge is 0.249 e. The van der Waals surface area contributed by atoms with E-state index in [2.05, 4.69) is 4.99 Å². The monoisotopic (exact) mass is 348 g/mol. The lowest BCUT2D eigenvalue weighted by Gasteiger charge is -2.19. The van der Waals surface area contributed by atoms with Crippen LogP contribution < -0.4 is 4.90 Å². The summed E-state index contributed by atoms with van der Waals surface area (Å²) in [5, 5.41) is 10.8. The van der Waals surface area contributed by atoms with Crippen LogP contribution in [0.1, 0.15) is 21.6 Å². The number of aliphatic hydroxyl groups is 1. The van der Waals surface area contributed by atoms with E-state index in [0.717, 1.165) is 32.3 Å². The van der Waals surface area contributed by atoms with Gasteiger partial charge in [-0.05, 0) is 31.5 Å². The van der Waals surface area contributed by atoms with Gasteiger partial charge in [0, 0.05) is 27.6 Å². The zero-order valence-electron chi connectivity index (χ0n) is 13.0. The van der Waals surface area contributed by atoms with Crippen molar-refractivity contribution in [1.29, 1.82) is 0 Å². The second kappa shape index (κ2) is 6.43.